The molecule has 3 rings (SSSR count). The molecule has 1 aliphatic heterocycles. The van der Waals surface area contributed by atoms with Gasteiger partial charge in [0.05, 0.1) is 19.3 Å². The fraction of sp³-hybridized carbons (Fsp3) is 0.208. The maximum Gasteiger partial charge on any atom is 0.352 e. The Bertz CT molecular complexity index is 1090. The summed E-state index contributed by atoms with van der Waals surface area (Å²) in [6, 6.07) is 13.7. The topological polar surface area (TPSA) is 114 Å². The summed E-state index contributed by atoms with van der Waals surface area (Å²) in [5, 5.41) is 15.2. The number of rotatable bonds is 7. The van der Waals surface area contributed by atoms with Gasteiger partial charge in [0.2, 0.25) is 0 Å². The van der Waals surface area contributed by atoms with Crippen LogP contribution in [0.2, 0.25) is 0 Å². The number of hydrogen-bond donors (Lipinski definition) is 3. The molecule has 0 radical (unpaired) electrons. The van der Waals surface area contributed by atoms with Crippen LogP contribution in [0.3, 0.4) is 0 Å². The van der Waals surface area contributed by atoms with E-state index in [1.165, 1.54) is 0 Å². The van der Waals surface area contributed by atoms with Crippen molar-refractivity contribution in [2.24, 2.45) is 0 Å². The number of methoxy groups -OCH3 is 1. The molecule has 0 saturated carbocycles. The van der Waals surface area contributed by atoms with Crippen molar-refractivity contribution in [1.29, 1.82) is 0 Å². The summed E-state index contributed by atoms with van der Waals surface area (Å²) in [6.07, 6.45) is 2.20. The van der Waals surface area contributed by atoms with E-state index < -0.39 is 23.5 Å². The largest absolute Gasteiger partial charge is 0.497 e. The van der Waals surface area contributed by atoms with Gasteiger partial charge in [-0.3, -0.25) is 4.79 Å². The lowest BCUT2D eigenvalue weighted by Crippen LogP contribution is -2.28. The third-order valence-electron chi connectivity index (χ3n) is 4.87. The number of anilines is 1. The van der Waals surface area contributed by atoms with Gasteiger partial charge in [0, 0.05) is 16.9 Å². The Morgan fingerprint density at radius 2 is 1.88 bits per heavy atom. The third kappa shape index (κ3) is 5.34. The minimum Gasteiger partial charge on any atom is -0.497 e. The molecule has 0 spiro atoms. The van der Waals surface area contributed by atoms with Gasteiger partial charge < -0.3 is 25.2 Å². The molecule has 8 nitrogen and oxygen atoms in total. The lowest BCUT2D eigenvalue weighted by Gasteiger charge is -2.23. The van der Waals surface area contributed by atoms with Crippen molar-refractivity contribution < 1.29 is 29.0 Å². The van der Waals surface area contributed by atoms with Crippen LogP contribution in [0.25, 0.3) is 0 Å². The molecule has 0 bridgehead atoms. The maximum absolute atomic E-state index is 12.7. The van der Waals surface area contributed by atoms with E-state index in [0.29, 0.717) is 24.1 Å². The predicted molar refractivity (Wildman–Crippen MR) is 118 cm³/mol. The summed E-state index contributed by atoms with van der Waals surface area (Å²) < 4.78 is 10.4. The number of benzene rings is 2. The summed E-state index contributed by atoms with van der Waals surface area (Å²) >= 11 is 0. The van der Waals surface area contributed by atoms with E-state index in [4.69, 9.17) is 9.47 Å². The van der Waals surface area contributed by atoms with Crippen LogP contribution < -0.4 is 15.4 Å². The highest BCUT2D eigenvalue weighted by molar-refractivity contribution is 6.02. The van der Waals surface area contributed by atoms with E-state index in [0.717, 1.165) is 23.1 Å². The maximum atomic E-state index is 12.7. The zero-order chi connectivity index (χ0) is 23.1. The molecule has 0 aliphatic carbocycles. The Morgan fingerprint density at radius 3 is 2.53 bits per heavy atom. The first-order chi connectivity index (χ1) is 15.4. The number of aliphatic carboxylic acids is 1. The number of esters is 1. The molecule has 8 heteroatoms. The number of allylic oxidation sites excluding steroid dienone is 1. The quantitative estimate of drug-likeness (QED) is 0.451. The molecule has 2 aromatic rings. The molecule has 166 valence electrons. The van der Waals surface area contributed by atoms with Gasteiger partial charge in [0.1, 0.15) is 11.4 Å². The first kappa shape index (κ1) is 22.6. The second-order valence-corrected chi connectivity index (χ2v) is 6.94. The minimum atomic E-state index is -1.38. The van der Waals surface area contributed by atoms with Crippen LogP contribution in [0.15, 0.2) is 71.6 Å². The number of carbonyl (C=O) groups is 3. The molecular formula is C24H24N2O6. The number of nitrogens with one attached hydrogen (secondary N) is 2. The number of hydrogen-bond acceptors (Lipinski definition) is 6. The van der Waals surface area contributed by atoms with E-state index in [1.54, 1.807) is 50.4 Å². The molecule has 2 aromatic carbocycles. The van der Waals surface area contributed by atoms with Crippen LogP contribution in [-0.4, -0.2) is 36.7 Å². The summed E-state index contributed by atoms with van der Waals surface area (Å²) in [5.74, 6) is -1.93. The minimum absolute atomic E-state index is 0.0408. The third-order valence-corrected chi connectivity index (χ3v) is 4.87. The van der Waals surface area contributed by atoms with Crippen LogP contribution in [0.5, 0.6) is 5.75 Å². The number of carboxylic acid groups (broad SMARTS) is 1. The van der Waals surface area contributed by atoms with Crippen LogP contribution in [0, 0.1) is 0 Å². The van der Waals surface area contributed by atoms with Crippen LogP contribution in [0.1, 0.15) is 29.3 Å². The second-order valence-electron chi connectivity index (χ2n) is 6.94. The molecule has 1 heterocycles. The van der Waals surface area contributed by atoms with Gasteiger partial charge in [-0.05, 0) is 61.7 Å². The predicted octanol–water partition coefficient (Wildman–Crippen LogP) is 3.27. The molecule has 3 N–H and O–H groups in total. The number of fused-ring (bicyclic) bond motifs is 1. The summed E-state index contributed by atoms with van der Waals surface area (Å²) in [5.41, 5.74) is 2.21. The molecule has 0 unspecified atom stereocenters. The van der Waals surface area contributed by atoms with Gasteiger partial charge in [0.15, 0.2) is 0 Å². The molecule has 1 aliphatic rings. The molecule has 1 amide bonds. The fourth-order valence-corrected chi connectivity index (χ4v) is 3.27. The lowest BCUT2D eigenvalue weighted by atomic mass is 9.97. The van der Waals surface area contributed by atoms with E-state index in [9.17, 15) is 19.5 Å². The van der Waals surface area contributed by atoms with Gasteiger partial charge in [-0.2, -0.15) is 0 Å². The van der Waals surface area contributed by atoms with Crippen molar-refractivity contribution in [1.82, 2.24) is 5.32 Å². The molecule has 0 aromatic heterocycles. The van der Waals surface area contributed by atoms with Crippen molar-refractivity contribution in [2.45, 2.75) is 19.8 Å². The Labute approximate surface area is 185 Å². The van der Waals surface area contributed by atoms with E-state index in [1.807, 2.05) is 12.1 Å². The molecule has 0 atom stereocenters. The number of aryl methyl sites for hydroxylation is 1. The Kier molecular flexibility index (Phi) is 7.28. The van der Waals surface area contributed by atoms with Gasteiger partial charge in [-0.1, -0.05) is 18.2 Å². The van der Waals surface area contributed by atoms with Gasteiger partial charge in [-0.25, -0.2) is 9.59 Å². The first-order valence-electron chi connectivity index (χ1n) is 10.1. The average molecular weight is 436 g/mol. The zero-order valence-electron chi connectivity index (χ0n) is 17.8. The zero-order valence-corrected chi connectivity index (χ0v) is 17.8. The van der Waals surface area contributed by atoms with Crippen LogP contribution >= 0.6 is 0 Å². The van der Waals surface area contributed by atoms with Crippen molar-refractivity contribution in [2.75, 3.05) is 19.0 Å². The molecule has 0 fully saturated rings. The van der Waals surface area contributed by atoms with Crippen molar-refractivity contribution in [3.8, 4) is 5.75 Å². The highest BCUT2D eigenvalue weighted by Gasteiger charge is 2.23. The Morgan fingerprint density at radius 1 is 1.12 bits per heavy atom. The highest BCUT2D eigenvalue weighted by Crippen LogP contribution is 2.31. The smallest absolute Gasteiger partial charge is 0.352 e. The van der Waals surface area contributed by atoms with E-state index >= 15 is 0 Å². The number of carboxylic acids is 1. The summed E-state index contributed by atoms with van der Waals surface area (Å²) in [7, 11) is 1.59. The number of amides is 1. The average Bonchev–Trinajstić information content (AvgIpc) is 2.81. The molecule has 0 saturated heterocycles. The van der Waals surface area contributed by atoms with E-state index in [-0.39, 0.29) is 12.2 Å². The summed E-state index contributed by atoms with van der Waals surface area (Å²) in [6.45, 7) is 1.78. The Balaban J connectivity index is 1.98. The standard InChI is InChI=1S/C24H24N2O6/c1-3-32-24(30)18(20-11-9-16-13-17(31-2)10-12-19(16)25-20)14-21(23(28)29)26-22(27)15-7-5-4-6-8-15/h4-8,10,12-14,25H,3,9,11H2,1-2H3,(H,26,27)(H,28,29)/b20-18+,21-14+. The SMILES string of the molecule is CCOC(=O)C(/C=C(/NC(=O)c1ccccc1)C(=O)O)=C1\CCc2cc(OC)ccc2N1. The number of ether oxygens (including phenoxy) is 2. The second kappa shape index (κ2) is 10.3. The van der Waals surface area contributed by atoms with Gasteiger partial charge in [0.25, 0.3) is 5.91 Å². The number of carbonyl (C=O) groups excluding carboxylic acids is 2. The van der Waals surface area contributed by atoms with Crippen LogP contribution in [0.4, 0.5) is 5.69 Å². The monoisotopic (exact) mass is 436 g/mol. The van der Waals surface area contributed by atoms with Gasteiger partial charge >= 0.3 is 11.9 Å². The van der Waals surface area contributed by atoms with Gasteiger partial charge in [-0.15, -0.1) is 0 Å². The van der Waals surface area contributed by atoms with Crippen molar-refractivity contribution in [3.05, 3.63) is 82.7 Å². The lowest BCUT2D eigenvalue weighted by molar-refractivity contribution is -0.138. The van der Waals surface area contributed by atoms with Crippen LogP contribution in [-0.2, 0) is 20.7 Å². The van der Waals surface area contributed by atoms with Crippen molar-refractivity contribution >= 4 is 23.5 Å². The highest BCUT2D eigenvalue weighted by atomic mass is 16.5. The fourth-order valence-electron chi connectivity index (χ4n) is 3.27. The molecular weight excluding hydrogens is 412 g/mol. The van der Waals surface area contributed by atoms with E-state index in [2.05, 4.69) is 10.6 Å². The Hall–Kier alpha value is -4.07. The summed E-state index contributed by atoms with van der Waals surface area (Å²) in [4.78, 5) is 37.0. The van der Waals surface area contributed by atoms with Crippen molar-refractivity contribution in [3.63, 3.8) is 0 Å². The first-order valence-corrected chi connectivity index (χ1v) is 10.1. The molecule has 32 heavy (non-hydrogen) atoms. The normalized spacial score (nSPS) is 14.5.